The van der Waals surface area contributed by atoms with Crippen molar-refractivity contribution in [3.05, 3.63) is 23.5 Å². The van der Waals surface area contributed by atoms with Crippen LogP contribution in [-0.2, 0) is 4.79 Å². The number of halogens is 1. The van der Waals surface area contributed by atoms with Crippen LogP contribution in [0, 0.1) is 18.7 Å². The standard InChI is InChI=1S/C13H15FN2O/c1-7-4-11-12(5-9(7)14)16-13(17)6-10(15-11)8-2-3-8/h4-5,8,10,15H,2-3,6H2,1H3,(H,16,17). The molecule has 1 aliphatic carbocycles. The first kappa shape index (κ1) is 10.6. The van der Waals surface area contributed by atoms with Crippen LogP contribution in [0.3, 0.4) is 0 Å². The normalized spacial score (nSPS) is 23.4. The number of hydrogen-bond acceptors (Lipinski definition) is 2. The smallest absolute Gasteiger partial charge is 0.226 e. The molecule has 1 aliphatic heterocycles. The number of rotatable bonds is 1. The van der Waals surface area contributed by atoms with E-state index >= 15 is 0 Å². The summed E-state index contributed by atoms with van der Waals surface area (Å²) >= 11 is 0. The second-order valence-electron chi connectivity index (χ2n) is 4.99. The Morgan fingerprint density at radius 1 is 1.29 bits per heavy atom. The second kappa shape index (κ2) is 3.72. The number of carbonyl (C=O) groups excluding carboxylic acids is 1. The lowest BCUT2D eigenvalue weighted by molar-refractivity contribution is -0.116. The van der Waals surface area contributed by atoms with Crippen molar-refractivity contribution in [2.75, 3.05) is 10.6 Å². The van der Waals surface area contributed by atoms with Crippen molar-refractivity contribution in [2.24, 2.45) is 5.92 Å². The highest BCUT2D eigenvalue weighted by Gasteiger charge is 2.34. The minimum Gasteiger partial charge on any atom is -0.380 e. The predicted octanol–water partition coefficient (Wildman–Crippen LogP) is 2.67. The molecule has 4 heteroatoms. The van der Waals surface area contributed by atoms with E-state index in [0.717, 1.165) is 5.69 Å². The van der Waals surface area contributed by atoms with E-state index in [-0.39, 0.29) is 17.8 Å². The van der Waals surface area contributed by atoms with E-state index in [2.05, 4.69) is 10.6 Å². The van der Waals surface area contributed by atoms with Crippen molar-refractivity contribution >= 4 is 17.3 Å². The number of amides is 1. The molecule has 0 aromatic heterocycles. The van der Waals surface area contributed by atoms with E-state index in [4.69, 9.17) is 0 Å². The molecule has 1 heterocycles. The molecule has 0 radical (unpaired) electrons. The summed E-state index contributed by atoms with van der Waals surface area (Å²) in [5, 5.41) is 6.13. The van der Waals surface area contributed by atoms with E-state index in [9.17, 15) is 9.18 Å². The molecule has 3 nitrogen and oxygen atoms in total. The van der Waals surface area contributed by atoms with E-state index in [1.165, 1.54) is 18.9 Å². The van der Waals surface area contributed by atoms with Gasteiger partial charge in [-0.15, -0.1) is 0 Å². The largest absolute Gasteiger partial charge is 0.380 e. The van der Waals surface area contributed by atoms with Crippen LogP contribution in [0.15, 0.2) is 12.1 Å². The van der Waals surface area contributed by atoms with Crippen molar-refractivity contribution in [1.82, 2.24) is 0 Å². The molecule has 17 heavy (non-hydrogen) atoms. The Morgan fingerprint density at radius 2 is 2.06 bits per heavy atom. The molecule has 3 rings (SSSR count). The summed E-state index contributed by atoms with van der Waals surface area (Å²) < 4.78 is 13.5. The van der Waals surface area contributed by atoms with Gasteiger partial charge in [0.25, 0.3) is 0 Å². The fourth-order valence-corrected chi connectivity index (χ4v) is 2.34. The highest BCUT2D eigenvalue weighted by molar-refractivity contribution is 5.96. The summed E-state index contributed by atoms with van der Waals surface area (Å²) in [5.74, 6) is 0.282. The zero-order chi connectivity index (χ0) is 12.0. The molecule has 1 aromatic carbocycles. The molecule has 90 valence electrons. The summed E-state index contributed by atoms with van der Waals surface area (Å²) in [6, 6.07) is 3.36. The van der Waals surface area contributed by atoms with Gasteiger partial charge in [-0.05, 0) is 43.4 Å². The molecule has 1 saturated carbocycles. The van der Waals surface area contributed by atoms with Crippen molar-refractivity contribution in [3.63, 3.8) is 0 Å². The molecular weight excluding hydrogens is 219 g/mol. The second-order valence-corrected chi connectivity index (χ2v) is 4.99. The summed E-state index contributed by atoms with van der Waals surface area (Å²) in [6.45, 7) is 1.73. The lowest BCUT2D eigenvalue weighted by Crippen LogP contribution is -2.24. The first-order valence-corrected chi connectivity index (χ1v) is 6.00. The number of hydrogen-bond donors (Lipinski definition) is 2. The number of benzene rings is 1. The number of anilines is 2. The SMILES string of the molecule is Cc1cc2c(cc1F)NC(=O)CC(C1CC1)N2. The Kier molecular flexibility index (Phi) is 2.31. The fourth-order valence-electron chi connectivity index (χ4n) is 2.34. The van der Waals surface area contributed by atoms with Gasteiger partial charge in [-0.2, -0.15) is 0 Å². The van der Waals surface area contributed by atoms with Gasteiger partial charge in [0, 0.05) is 12.5 Å². The maximum absolute atomic E-state index is 13.5. The molecule has 1 fully saturated rings. The van der Waals surface area contributed by atoms with Gasteiger partial charge in [0.1, 0.15) is 5.82 Å². The molecule has 2 N–H and O–H groups in total. The third-order valence-electron chi connectivity index (χ3n) is 3.51. The van der Waals surface area contributed by atoms with Gasteiger partial charge in [0.15, 0.2) is 0 Å². The minimum atomic E-state index is -0.282. The third kappa shape index (κ3) is 1.99. The Morgan fingerprint density at radius 3 is 2.76 bits per heavy atom. The molecular formula is C13H15FN2O. The van der Waals surface area contributed by atoms with E-state index in [1.54, 1.807) is 13.0 Å². The number of aryl methyl sites for hydroxylation is 1. The lowest BCUT2D eigenvalue weighted by atomic mass is 10.1. The molecule has 2 aliphatic rings. The zero-order valence-corrected chi connectivity index (χ0v) is 9.72. The lowest BCUT2D eigenvalue weighted by Gasteiger charge is -2.16. The van der Waals surface area contributed by atoms with E-state index in [1.807, 2.05) is 0 Å². The van der Waals surface area contributed by atoms with Gasteiger partial charge < -0.3 is 10.6 Å². The van der Waals surface area contributed by atoms with E-state index in [0.29, 0.717) is 23.6 Å². The summed E-state index contributed by atoms with van der Waals surface area (Å²) in [7, 11) is 0. The number of nitrogens with one attached hydrogen (secondary N) is 2. The van der Waals surface area contributed by atoms with Gasteiger partial charge in [-0.25, -0.2) is 4.39 Å². The van der Waals surface area contributed by atoms with Gasteiger partial charge in [-0.1, -0.05) is 0 Å². The van der Waals surface area contributed by atoms with Crippen molar-refractivity contribution in [2.45, 2.75) is 32.2 Å². The average molecular weight is 234 g/mol. The van der Waals surface area contributed by atoms with Crippen LogP contribution in [0.4, 0.5) is 15.8 Å². The summed E-state index contributed by atoms with van der Waals surface area (Å²) in [4.78, 5) is 11.7. The molecule has 1 amide bonds. The van der Waals surface area contributed by atoms with Crippen LogP contribution >= 0.6 is 0 Å². The number of carbonyl (C=O) groups is 1. The third-order valence-corrected chi connectivity index (χ3v) is 3.51. The summed E-state index contributed by atoms with van der Waals surface area (Å²) in [6.07, 6.45) is 2.83. The molecule has 0 bridgehead atoms. The van der Waals surface area contributed by atoms with E-state index < -0.39 is 0 Å². The highest BCUT2D eigenvalue weighted by atomic mass is 19.1. The van der Waals surface area contributed by atoms with Crippen LogP contribution in [0.2, 0.25) is 0 Å². The maximum atomic E-state index is 13.5. The van der Waals surface area contributed by atoms with Crippen LogP contribution in [0.25, 0.3) is 0 Å². The van der Waals surface area contributed by atoms with Crippen LogP contribution in [-0.4, -0.2) is 11.9 Å². The number of fused-ring (bicyclic) bond motifs is 1. The van der Waals surface area contributed by atoms with Crippen LogP contribution < -0.4 is 10.6 Å². The van der Waals surface area contributed by atoms with Crippen LogP contribution in [0.5, 0.6) is 0 Å². The molecule has 1 atom stereocenters. The Labute approximate surface area is 99.4 Å². The Balaban J connectivity index is 1.98. The Bertz CT molecular complexity index is 483. The predicted molar refractivity (Wildman–Crippen MR) is 64.5 cm³/mol. The molecule has 1 aromatic rings. The average Bonchev–Trinajstić information content (AvgIpc) is 3.06. The van der Waals surface area contributed by atoms with Crippen molar-refractivity contribution < 1.29 is 9.18 Å². The maximum Gasteiger partial charge on any atom is 0.226 e. The molecule has 0 spiro atoms. The summed E-state index contributed by atoms with van der Waals surface area (Å²) in [5.41, 5.74) is 2.00. The van der Waals surface area contributed by atoms with Crippen molar-refractivity contribution in [1.29, 1.82) is 0 Å². The van der Waals surface area contributed by atoms with Gasteiger partial charge in [-0.3, -0.25) is 4.79 Å². The van der Waals surface area contributed by atoms with Gasteiger partial charge in [0.05, 0.1) is 11.4 Å². The van der Waals surface area contributed by atoms with Crippen molar-refractivity contribution in [3.8, 4) is 0 Å². The topological polar surface area (TPSA) is 41.1 Å². The quantitative estimate of drug-likeness (QED) is 0.784. The fraction of sp³-hybridized carbons (Fsp3) is 0.462. The van der Waals surface area contributed by atoms with Gasteiger partial charge in [0.2, 0.25) is 5.91 Å². The molecule has 1 unspecified atom stereocenters. The molecule has 0 saturated heterocycles. The Hall–Kier alpha value is -1.58. The zero-order valence-electron chi connectivity index (χ0n) is 9.72. The first-order chi connectivity index (χ1) is 8.13. The minimum absolute atomic E-state index is 0.0311. The highest BCUT2D eigenvalue weighted by Crippen LogP contribution is 2.39. The first-order valence-electron chi connectivity index (χ1n) is 6.00. The monoisotopic (exact) mass is 234 g/mol. The van der Waals surface area contributed by atoms with Crippen LogP contribution in [0.1, 0.15) is 24.8 Å². The van der Waals surface area contributed by atoms with Gasteiger partial charge >= 0.3 is 0 Å².